The highest BCUT2D eigenvalue weighted by Crippen LogP contribution is 2.21. The van der Waals surface area contributed by atoms with Crippen LogP contribution in [0.2, 0.25) is 0 Å². The van der Waals surface area contributed by atoms with Crippen molar-refractivity contribution in [2.75, 3.05) is 18.5 Å². The summed E-state index contributed by atoms with van der Waals surface area (Å²) in [6, 6.07) is 12.5. The van der Waals surface area contributed by atoms with Crippen LogP contribution in [0.15, 0.2) is 46.9 Å². The second-order valence-corrected chi connectivity index (χ2v) is 6.34. The number of hydrogen-bond acceptors (Lipinski definition) is 5. The van der Waals surface area contributed by atoms with Gasteiger partial charge >= 0.3 is 0 Å². The summed E-state index contributed by atoms with van der Waals surface area (Å²) in [5.74, 6) is 1.14. The first kappa shape index (κ1) is 16.6. The lowest BCUT2D eigenvalue weighted by Gasteiger charge is -2.11. The predicted octanol–water partition coefficient (Wildman–Crippen LogP) is 3.95. The third kappa shape index (κ3) is 3.70. The second-order valence-electron chi connectivity index (χ2n) is 6.34. The van der Waals surface area contributed by atoms with Gasteiger partial charge in [-0.3, -0.25) is 4.79 Å². The van der Waals surface area contributed by atoms with Crippen LogP contribution >= 0.6 is 0 Å². The Kier molecular flexibility index (Phi) is 4.58. The van der Waals surface area contributed by atoms with Gasteiger partial charge in [0.2, 0.25) is 0 Å². The van der Waals surface area contributed by atoms with E-state index in [0.717, 1.165) is 30.7 Å². The van der Waals surface area contributed by atoms with Gasteiger partial charge in [-0.15, -0.1) is 0 Å². The van der Waals surface area contributed by atoms with E-state index in [1.165, 1.54) is 0 Å². The van der Waals surface area contributed by atoms with Gasteiger partial charge in [-0.25, -0.2) is 4.98 Å². The summed E-state index contributed by atoms with van der Waals surface area (Å²) in [7, 11) is 0. The third-order valence-electron chi connectivity index (χ3n) is 4.33. The molecule has 0 aliphatic carbocycles. The zero-order chi connectivity index (χ0) is 17.9. The van der Waals surface area contributed by atoms with Gasteiger partial charge in [0.05, 0.1) is 6.10 Å². The van der Waals surface area contributed by atoms with Crippen LogP contribution in [-0.2, 0) is 4.74 Å². The van der Waals surface area contributed by atoms with Gasteiger partial charge in [0, 0.05) is 30.8 Å². The molecule has 1 aliphatic heterocycles. The number of anilines is 1. The van der Waals surface area contributed by atoms with Crippen LogP contribution in [-0.4, -0.2) is 30.2 Å². The van der Waals surface area contributed by atoms with Crippen molar-refractivity contribution in [1.29, 1.82) is 0 Å². The summed E-state index contributed by atoms with van der Waals surface area (Å²) in [5, 5.41) is 2.87. The summed E-state index contributed by atoms with van der Waals surface area (Å²) in [4.78, 5) is 16.7. The minimum absolute atomic E-state index is 0.174. The molecule has 2 heterocycles. The first-order valence-corrected chi connectivity index (χ1v) is 8.70. The normalized spacial score (nSPS) is 16.7. The molecule has 0 bridgehead atoms. The molecule has 1 fully saturated rings. The first-order chi connectivity index (χ1) is 12.7. The Bertz CT molecular complexity index is 911. The predicted molar refractivity (Wildman–Crippen MR) is 97.6 cm³/mol. The average molecular weight is 352 g/mol. The van der Waals surface area contributed by atoms with Gasteiger partial charge in [0.25, 0.3) is 5.91 Å². The highest BCUT2D eigenvalue weighted by molar-refractivity contribution is 6.04. The van der Waals surface area contributed by atoms with Crippen LogP contribution in [0, 0.1) is 6.92 Å². The number of hydrogen-bond donors (Lipinski definition) is 1. The summed E-state index contributed by atoms with van der Waals surface area (Å²) >= 11 is 0. The van der Waals surface area contributed by atoms with Crippen molar-refractivity contribution in [3.05, 3.63) is 53.9 Å². The van der Waals surface area contributed by atoms with E-state index in [0.29, 0.717) is 29.3 Å². The summed E-state index contributed by atoms with van der Waals surface area (Å²) in [6.45, 7) is 3.15. The van der Waals surface area contributed by atoms with E-state index >= 15 is 0 Å². The fourth-order valence-electron chi connectivity index (χ4n) is 2.99. The number of carbonyl (C=O) groups excluding carboxylic acids is 1. The molecule has 6 nitrogen and oxygen atoms in total. The van der Waals surface area contributed by atoms with Gasteiger partial charge in [0.15, 0.2) is 11.5 Å². The highest BCUT2D eigenvalue weighted by atomic mass is 16.5. The monoisotopic (exact) mass is 352 g/mol. The third-order valence-corrected chi connectivity index (χ3v) is 4.33. The van der Waals surface area contributed by atoms with E-state index in [-0.39, 0.29) is 12.0 Å². The summed E-state index contributed by atoms with van der Waals surface area (Å²) in [6.07, 6.45) is 2.30. The molecule has 0 radical (unpaired) electrons. The molecule has 1 saturated heterocycles. The molecule has 0 saturated carbocycles. The van der Waals surface area contributed by atoms with Gasteiger partial charge in [-0.2, -0.15) is 0 Å². The van der Waals surface area contributed by atoms with Crippen LogP contribution in [0.5, 0.6) is 5.75 Å². The van der Waals surface area contributed by atoms with Crippen molar-refractivity contribution >= 4 is 22.7 Å². The lowest BCUT2D eigenvalue weighted by atomic mass is 10.2. The van der Waals surface area contributed by atoms with Gasteiger partial charge in [-0.1, -0.05) is 0 Å². The maximum atomic E-state index is 12.4. The Morgan fingerprint density at radius 2 is 2.12 bits per heavy atom. The van der Waals surface area contributed by atoms with Crippen LogP contribution in [0.3, 0.4) is 0 Å². The Morgan fingerprint density at radius 3 is 2.88 bits per heavy atom. The van der Waals surface area contributed by atoms with Crippen LogP contribution in [0.4, 0.5) is 5.69 Å². The van der Waals surface area contributed by atoms with Crippen LogP contribution in [0.25, 0.3) is 11.1 Å². The topological polar surface area (TPSA) is 73.6 Å². The fourth-order valence-corrected chi connectivity index (χ4v) is 2.99. The van der Waals surface area contributed by atoms with Crippen LogP contribution in [0.1, 0.15) is 29.1 Å². The molecular formula is C20H20N2O4. The molecule has 2 aromatic carbocycles. The summed E-state index contributed by atoms with van der Waals surface area (Å²) < 4.78 is 16.7. The van der Waals surface area contributed by atoms with Gasteiger partial charge in [-0.05, 0) is 49.2 Å². The standard InChI is InChI=1S/C20H20N2O4/c1-13-21-18-9-6-15(11-19(18)26-13)22-20(23)14-4-7-16(8-5-14)25-12-17-3-2-10-24-17/h4-9,11,17H,2-3,10,12H2,1H3,(H,22,23). The maximum Gasteiger partial charge on any atom is 0.255 e. The molecule has 6 heteroatoms. The smallest absolute Gasteiger partial charge is 0.255 e. The highest BCUT2D eigenvalue weighted by Gasteiger charge is 2.16. The van der Waals surface area contributed by atoms with E-state index in [4.69, 9.17) is 13.9 Å². The van der Waals surface area contributed by atoms with E-state index < -0.39 is 0 Å². The van der Waals surface area contributed by atoms with Crippen LogP contribution < -0.4 is 10.1 Å². The SMILES string of the molecule is Cc1nc2ccc(NC(=O)c3ccc(OCC4CCCO4)cc3)cc2o1. The number of aromatic nitrogens is 1. The molecule has 4 rings (SSSR count). The number of fused-ring (bicyclic) bond motifs is 1. The quantitative estimate of drug-likeness (QED) is 0.753. The van der Waals surface area contributed by atoms with Crippen molar-refractivity contribution in [3.8, 4) is 5.75 Å². The number of nitrogens with zero attached hydrogens (tertiary/aromatic N) is 1. The molecule has 0 spiro atoms. The molecule has 1 atom stereocenters. The van der Waals surface area contributed by atoms with E-state index in [1.807, 2.05) is 6.07 Å². The molecule has 1 aliphatic rings. The minimum atomic E-state index is -0.189. The number of nitrogens with one attached hydrogen (secondary N) is 1. The molecule has 1 N–H and O–H groups in total. The molecule has 3 aromatic rings. The average Bonchev–Trinajstić information content (AvgIpc) is 3.28. The van der Waals surface area contributed by atoms with Crippen molar-refractivity contribution in [1.82, 2.24) is 4.98 Å². The second kappa shape index (κ2) is 7.17. The molecule has 134 valence electrons. The largest absolute Gasteiger partial charge is 0.491 e. The number of benzene rings is 2. The number of carbonyl (C=O) groups is 1. The number of amides is 1. The first-order valence-electron chi connectivity index (χ1n) is 8.70. The number of aryl methyl sites for hydroxylation is 1. The molecule has 26 heavy (non-hydrogen) atoms. The zero-order valence-corrected chi connectivity index (χ0v) is 14.5. The molecule has 1 amide bonds. The Balaban J connectivity index is 1.38. The Labute approximate surface area is 151 Å². The number of ether oxygens (including phenoxy) is 2. The van der Waals surface area contributed by atoms with Crippen molar-refractivity contribution in [2.24, 2.45) is 0 Å². The zero-order valence-electron chi connectivity index (χ0n) is 14.5. The lowest BCUT2D eigenvalue weighted by Crippen LogP contribution is -2.16. The van der Waals surface area contributed by atoms with E-state index in [2.05, 4.69) is 10.3 Å². The Hall–Kier alpha value is -2.86. The lowest BCUT2D eigenvalue weighted by molar-refractivity contribution is 0.0679. The fraction of sp³-hybridized carbons (Fsp3) is 0.300. The van der Waals surface area contributed by atoms with E-state index in [1.54, 1.807) is 43.3 Å². The summed E-state index contributed by atoms with van der Waals surface area (Å²) in [5.41, 5.74) is 2.65. The van der Waals surface area contributed by atoms with Crippen molar-refractivity contribution in [2.45, 2.75) is 25.9 Å². The molecular weight excluding hydrogens is 332 g/mol. The van der Waals surface area contributed by atoms with Crippen molar-refractivity contribution < 1.29 is 18.7 Å². The van der Waals surface area contributed by atoms with Gasteiger partial charge < -0.3 is 19.2 Å². The maximum absolute atomic E-state index is 12.4. The minimum Gasteiger partial charge on any atom is -0.491 e. The molecule has 1 unspecified atom stereocenters. The van der Waals surface area contributed by atoms with E-state index in [9.17, 15) is 4.79 Å². The number of rotatable bonds is 5. The van der Waals surface area contributed by atoms with Gasteiger partial charge in [0.1, 0.15) is 17.9 Å². The van der Waals surface area contributed by atoms with Crippen molar-refractivity contribution in [3.63, 3.8) is 0 Å². The Morgan fingerprint density at radius 1 is 1.27 bits per heavy atom. The number of oxazole rings is 1. The molecule has 1 aromatic heterocycles.